The van der Waals surface area contributed by atoms with Crippen LogP contribution in [0.3, 0.4) is 0 Å². The average molecular weight is 193 g/mol. The minimum atomic E-state index is -0.359. The van der Waals surface area contributed by atoms with Crippen molar-refractivity contribution in [1.29, 1.82) is 0 Å². The molecule has 0 unspecified atom stereocenters. The second kappa shape index (κ2) is 2.70. The highest BCUT2D eigenvalue weighted by atomic mass is 31.2. The Hall–Kier alpha value is -0.590. The van der Waals surface area contributed by atoms with Crippen LogP contribution in [0.25, 0.3) is 0 Å². The molecule has 0 bridgehead atoms. The predicted octanol–water partition coefficient (Wildman–Crippen LogP) is 2.39. The van der Waals surface area contributed by atoms with E-state index in [2.05, 4.69) is 35.6 Å². The molecule has 2 aliphatic rings. The fourth-order valence-corrected chi connectivity index (χ4v) is 3.83. The third kappa shape index (κ3) is 1.02. The van der Waals surface area contributed by atoms with Gasteiger partial charge in [0, 0.05) is 5.69 Å². The molecular weight excluding hydrogens is 181 g/mol. The first kappa shape index (κ1) is 7.78. The Kier molecular flexibility index (Phi) is 1.61. The lowest BCUT2D eigenvalue weighted by Gasteiger charge is -2.20. The highest BCUT2D eigenvalue weighted by Crippen LogP contribution is 2.53. The molecule has 0 spiro atoms. The van der Waals surface area contributed by atoms with Crippen molar-refractivity contribution in [2.45, 2.75) is 12.5 Å². The molecule has 2 aliphatic heterocycles. The standard InChI is InChI=1S/C10H12NOP/c1-13-11-9(7-12-13)6-8-4-2-3-5-10(8)11/h2-5,9H,6-7H2,1H3/t9-,13-/m0/s1. The summed E-state index contributed by atoms with van der Waals surface area (Å²) in [5.41, 5.74) is 2.89. The summed E-state index contributed by atoms with van der Waals surface area (Å²) in [6.07, 6.45) is 1.17. The molecule has 1 fully saturated rings. The van der Waals surface area contributed by atoms with E-state index in [1.165, 1.54) is 17.7 Å². The van der Waals surface area contributed by atoms with E-state index in [4.69, 9.17) is 4.52 Å². The Morgan fingerprint density at radius 3 is 3.23 bits per heavy atom. The molecular formula is C10H12NOP. The molecule has 0 N–H and O–H groups in total. The zero-order valence-electron chi connectivity index (χ0n) is 7.60. The zero-order chi connectivity index (χ0) is 8.84. The molecule has 2 atom stereocenters. The van der Waals surface area contributed by atoms with E-state index in [1.54, 1.807) is 0 Å². The van der Waals surface area contributed by atoms with Crippen molar-refractivity contribution in [1.82, 2.24) is 0 Å². The molecule has 3 rings (SSSR count). The normalized spacial score (nSPS) is 30.4. The highest BCUT2D eigenvalue weighted by molar-refractivity contribution is 7.53. The fraction of sp³-hybridized carbons (Fsp3) is 0.400. The number of anilines is 1. The van der Waals surface area contributed by atoms with Crippen molar-refractivity contribution < 1.29 is 4.52 Å². The number of hydrogen-bond donors (Lipinski definition) is 0. The largest absolute Gasteiger partial charge is 0.337 e. The van der Waals surface area contributed by atoms with Gasteiger partial charge in [-0.25, -0.2) is 0 Å². The van der Waals surface area contributed by atoms with E-state index < -0.39 is 0 Å². The summed E-state index contributed by atoms with van der Waals surface area (Å²) in [7, 11) is -0.359. The van der Waals surface area contributed by atoms with Crippen LogP contribution in [-0.2, 0) is 10.9 Å². The van der Waals surface area contributed by atoms with Gasteiger partial charge in [-0.2, -0.15) is 0 Å². The van der Waals surface area contributed by atoms with Gasteiger partial charge in [-0.15, -0.1) is 0 Å². The molecule has 2 heterocycles. The topological polar surface area (TPSA) is 12.5 Å². The van der Waals surface area contributed by atoms with Crippen molar-refractivity contribution in [2.24, 2.45) is 0 Å². The summed E-state index contributed by atoms with van der Waals surface area (Å²) < 4.78 is 8.13. The van der Waals surface area contributed by atoms with E-state index in [-0.39, 0.29) is 8.30 Å². The second-order valence-electron chi connectivity index (χ2n) is 3.59. The summed E-state index contributed by atoms with van der Waals surface area (Å²) >= 11 is 0. The maximum Gasteiger partial charge on any atom is 0.129 e. The minimum Gasteiger partial charge on any atom is -0.337 e. The number of rotatable bonds is 0. The van der Waals surface area contributed by atoms with Gasteiger partial charge in [0.05, 0.1) is 12.6 Å². The van der Waals surface area contributed by atoms with Crippen molar-refractivity contribution in [2.75, 3.05) is 17.9 Å². The Morgan fingerprint density at radius 2 is 2.31 bits per heavy atom. The third-order valence-corrected chi connectivity index (χ3v) is 4.47. The van der Waals surface area contributed by atoms with Crippen LogP contribution in [-0.4, -0.2) is 19.3 Å². The van der Waals surface area contributed by atoms with Crippen molar-refractivity contribution in [3.63, 3.8) is 0 Å². The molecule has 0 saturated carbocycles. The quantitative estimate of drug-likeness (QED) is 0.586. The number of para-hydroxylation sites is 1. The first-order chi connectivity index (χ1) is 6.36. The first-order valence-electron chi connectivity index (χ1n) is 4.60. The van der Waals surface area contributed by atoms with Crippen LogP contribution in [0.5, 0.6) is 0 Å². The first-order valence-corrected chi connectivity index (χ1v) is 6.26. The van der Waals surface area contributed by atoms with Crippen LogP contribution in [0, 0.1) is 0 Å². The molecule has 0 aromatic heterocycles. The van der Waals surface area contributed by atoms with Gasteiger partial charge in [0.15, 0.2) is 0 Å². The lowest BCUT2D eigenvalue weighted by molar-refractivity contribution is 0.365. The maximum atomic E-state index is 5.67. The number of nitrogens with zero attached hydrogens (tertiary/aromatic N) is 1. The monoisotopic (exact) mass is 193 g/mol. The highest BCUT2D eigenvalue weighted by Gasteiger charge is 2.38. The van der Waals surface area contributed by atoms with E-state index >= 15 is 0 Å². The zero-order valence-corrected chi connectivity index (χ0v) is 8.50. The van der Waals surface area contributed by atoms with Crippen LogP contribution >= 0.6 is 8.30 Å². The van der Waals surface area contributed by atoms with Gasteiger partial charge in [0.2, 0.25) is 0 Å². The molecule has 1 aromatic rings. The van der Waals surface area contributed by atoms with Gasteiger partial charge in [-0.1, -0.05) is 18.2 Å². The van der Waals surface area contributed by atoms with E-state index in [1.807, 2.05) is 0 Å². The van der Waals surface area contributed by atoms with E-state index in [0.29, 0.717) is 6.04 Å². The van der Waals surface area contributed by atoms with Gasteiger partial charge in [-0.3, -0.25) is 0 Å². The Morgan fingerprint density at radius 1 is 1.46 bits per heavy atom. The third-order valence-electron chi connectivity index (χ3n) is 2.80. The van der Waals surface area contributed by atoms with Crippen LogP contribution in [0.4, 0.5) is 5.69 Å². The molecule has 68 valence electrons. The van der Waals surface area contributed by atoms with Crippen LogP contribution in [0.15, 0.2) is 24.3 Å². The average Bonchev–Trinajstić information content (AvgIpc) is 2.66. The molecule has 2 nitrogen and oxygen atoms in total. The lowest BCUT2D eigenvalue weighted by atomic mass is 10.1. The van der Waals surface area contributed by atoms with Gasteiger partial charge in [0.1, 0.15) is 8.30 Å². The summed E-state index contributed by atoms with van der Waals surface area (Å²) in [4.78, 5) is 0. The molecule has 3 heteroatoms. The van der Waals surface area contributed by atoms with Crippen LogP contribution < -0.4 is 4.67 Å². The number of benzene rings is 1. The molecule has 1 aromatic carbocycles. The molecule has 13 heavy (non-hydrogen) atoms. The maximum absolute atomic E-state index is 5.67. The van der Waals surface area contributed by atoms with Crippen molar-refractivity contribution in [3.05, 3.63) is 29.8 Å². The molecule has 0 aliphatic carbocycles. The SMILES string of the molecule is C[P@]1OC[C@@H]2Cc3ccccc3N21. The fourth-order valence-electron chi connectivity index (χ4n) is 2.21. The lowest BCUT2D eigenvalue weighted by Crippen LogP contribution is -2.22. The van der Waals surface area contributed by atoms with E-state index in [0.717, 1.165) is 6.61 Å². The summed E-state index contributed by atoms with van der Waals surface area (Å²) in [6.45, 7) is 3.11. The predicted molar refractivity (Wildman–Crippen MR) is 55.2 cm³/mol. The van der Waals surface area contributed by atoms with Crippen LogP contribution in [0.2, 0.25) is 0 Å². The molecule has 1 saturated heterocycles. The Balaban J connectivity index is 2.08. The van der Waals surface area contributed by atoms with Gasteiger partial charge < -0.3 is 9.19 Å². The van der Waals surface area contributed by atoms with Crippen molar-refractivity contribution in [3.8, 4) is 0 Å². The molecule has 0 radical (unpaired) electrons. The second-order valence-corrected chi connectivity index (χ2v) is 5.21. The van der Waals surface area contributed by atoms with Gasteiger partial charge in [-0.05, 0) is 24.7 Å². The summed E-state index contributed by atoms with van der Waals surface area (Å²) in [6, 6.07) is 9.30. The van der Waals surface area contributed by atoms with Crippen LogP contribution in [0.1, 0.15) is 5.56 Å². The molecule has 0 amide bonds. The summed E-state index contributed by atoms with van der Waals surface area (Å²) in [5, 5.41) is 0. The van der Waals surface area contributed by atoms with Gasteiger partial charge >= 0.3 is 0 Å². The smallest absolute Gasteiger partial charge is 0.129 e. The number of fused-ring (bicyclic) bond motifs is 3. The van der Waals surface area contributed by atoms with E-state index in [9.17, 15) is 0 Å². The van der Waals surface area contributed by atoms with Gasteiger partial charge in [0.25, 0.3) is 0 Å². The Labute approximate surface area is 79.4 Å². The number of hydrogen-bond acceptors (Lipinski definition) is 2. The van der Waals surface area contributed by atoms with Crippen molar-refractivity contribution >= 4 is 14.0 Å². The Bertz CT molecular complexity index is 341. The minimum absolute atomic E-state index is 0.359. The summed E-state index contributed by atoms with van der Waals surface area (Å²) in [5.74, 6) is 0.